The Kier molecular flexibility index (Phi) is 2.42. The van der Waals surface area contributed by atoms with Crippen molar-refractivity contribution in [2.45, 2.75) is 25.7 Å². The maximum atomic E-state index is 9.94. The van der Waals surface area contributed by atoms with Crippen LogP contribution in [0.5, 0.6) is 0 Å². The zero-order valence-electron chi connectivity index (χ0n) is 6.74. The van der Waals surface area contributed by atoms with Crippen LogP contribution in [0.15, 0.2) is 12.2 Å². The molecule has 1 unspecified atom stereocenters. The summed E-state index contributed by atoms with van der Waals surface area (Å²) < 4.78 is 10.6. The predicted molar refractivity (Wildman–Crippen MR) is 40.1 cm³/mol. The van der Waals surface area contributed by atoms with E-state index in [2.05, 4.69) is 0 Å². The van der Waals surface area contributed by atoms with Crippen molar-refractivity contribution in [1.29, 1.82) is 0 Å². The number of ether oxygens (including phenoxy) is 2. The summed E-state index contributed by atoms with van der Waals surface area (Å²) in [5.41, 5.74) is 0. The van der Waals surface area contributed by atoms with Crippen LogP contribution >= 0.6 is 0 Å². The van der Waals surface area contributed by atoms with Crippen LogP contribution in [0.2, 0.25) is 0 Å². The minimum absolute atomic E-state index is 0.0739. The van der Waals surface area contributed by atoms with E-state index in [0.717, 1.165) is 6.29 Å². The van der Waals surface area contributed by atoms with Crippen LogP contribution in [0.1, 0.15) is 13.8 Å². The Morgan fingerprint density at radius 2 is 2.27 bits per heavy atom. The molecule has 1 heterocycles. The van der Waals surface area contributed by atoms with Gasteiger partial charge in [-0.15, -0.1) is 0 Å². The number of carbonyl (C=O) groups is 1. The molecule has 0 amide bonds. The standard InChI is InChI=1S/C8H12O3/c1-8(2)10-6-7(11-8)4-3-5-9/h3-5,7H,6H2,1-2H3. The Bertz CT molecular complexity index is 172. The van der Waals surface area contributed by atoms with Gasteiger partial charge in [-0.3, -0.25) is 4.79 Å². The molecule has 1 fully saturated rings. The van der Waals surface area contributed by atoms with E-state index in [4.69, 9.17) is 9.47 Å². The van der Waals surface area contributed by atoms with Gasteiger partial charge in [0.05, 0.1) is 6.61 Å². The molecule has 0 N–H and O–H groups in total. The molecule has 0 aromatic carbocycles. The average molecular weight is 156 g/mol. The van der Waals surface area contributed by atoms with E-state index in [0.29, 0.717) is 6.61 Å². The SMILES string of the molecule is CC1(C)OCC(C=CC=O)O1. The molecule has 3 nitrogen and oxygen atoms in total. The summed E-state index contributed by atoms with van der Waals surface area (Å²) >= 11 is 0. The van der Waals surface area contributed by atoms with E-state index in [1.165, 1.54) is 6.08 Å². The molecule has 1 atom stereocenters. The molecule has 0 bridgehead atoms. The van der Waals surface area contributed by atoms with Gasteiger partial charge >= 0.3 is 0 Å². The predicted octanol–water partition coefficient (Wildman–Crippen LogP) is 0.893. The number of carbonyl (C=O) groups excluding carboxylic acids is 1. The summed E-state index contributed by atoms with van der Waals surface area (Å²) in [5.74, 6) is -0.502. The first kappa shape index (κ1) is 8.43. The lowest BCUT2D eigenvalue weighted by Crippen LogP contribution is -2.20. The van der Waals surface area contributed by atoms with E-state index in [1.54, 1.807) is 6.08 Å². The van der Waals surface area contributed by atoms with Gasteiger partial charge in [-0.1, -0.05) is 6.08 Å². The Morgan fingerprint density at radius 1 is 1.55 bits per heavy atom. The van der Waals surface area contributed by atoms with Gasteiger partial charge in [0, 0.05) is 0 Å². The van der Waals surface area contributed by atoms with E-state index in [1.807, 2.05) is 13.8 Å². The van der Waals surface area contributed by atoms with Crippen LogP contribution in [-0.4, -0.2) is 24.8 Å². The third kappa shape index (κ3) is 2.44. The molecule has 11 heavy (non-hydrogen) atoms. The van der Waals surface area contributed by atoms with Crippen molar-refractivity contribution >= 4 is 6.29 Å². The number of hydrogen-bond acceptors (Lipinski definition) is 3. The molecule has 0 saturated carbocycles. The lowest BCUT2D eigenvalue weighted by Gasteiger charge is -2.15. The first-order chi connectivity index (χ1) is 5.14. The van der Waals surface area contributed by atoms with E-state index >= 15 is 0 Å². The molecule has 0 aliphatic carbocycles. The van der Waals surface area contributed by atoms with Gasteiger partial charge in [-0.2, -0.15) is 0 Å². The van der Waals surface area contributed by atoms with Gasteiger partial charge in [-0.05, 0) is 19.9 Å². The number of aldehydes is 1. The fourth-order valence-corrected chi connectivity index (χ4v) is 0.980. The third-order valence-electron chi connectivity index (χ3n) is 1.43. The van der Waals surface area contributed by atoms with Crippen molar-refractivity contribution in [3.63, 3.8) is 0 Å². The van der Waals surface area contributed by atoms with Crippen LogP contribution in [0.3, 0.4) is 0 Å². The largest absolute Gasteiger partial charge is 0.347 e. The number of hydrogen-bond donors (Lipinski definition) is 0. The highest BCUT2D eigenvalue weighted by atomic mass is 16.7. The average Bonchev–Trinajstić information content (AvgIpc) is 2.26. The molecular weight excluding hydrogens is 144 g/mol. The Labute approximate surface area is 66.0 Å². The summed E-state index contributed by atoms with van der Waals surface area (Å²) in [6, 6.07) is 0. The molecule has 62 valence electrons. The van der Waals surface area contributed by atoms with Crippen LogP contribution < -0.4 is 0 Å². The normalized spacial score (nSPS) is 29.5. The highest BCUT2D eigenvalue weighted by Gasteiger charge is 2.30. The molecule has 0 radical (unpaired) electrons. The maximum absolute atomic E-state index is 9.94. The first-order valence-electron chi connectivity index (χ1n) is 3.58. The molecule has 1 aliphatic heterocycles. The van der Waals surface area contributed by atoms with Gasteiger partial charge in [0.1, 0.15) is 12.4 Å². The molecule has 3 heteroatoms. The number of rotatable bonds is 2. The van der Waals surface area contributed by atoms with Crippen molar-refractivity contribution in [1.82, 2.24) is 0 Å². The first-order valence-corrected chi connectivity index (χ1v) is 3.58. The second-order valence-electron chi connectivity index (χ2n) is 2.89. The van der Waals surface area contributed by atoms with Crippen LogP contribution in [0.25, 0.3) is 0 Å². The minimum atomic E-state index is -0.502. The lowest BCUT2D eigenvalue weighted by molar-refractivity contribution is -0.133. The summed E-state index contributed by atoms with van der Waals surface area (Å²) in [4.78, 5) is 9.94. The summed E-state index contributed by atoms with van der Waals surface area (Å²) in [6.45, 7) is 4.22. The summed E-state index contributed by atoms with van der Waals surface area (Å²) in [5, 5.41) is 0. The zero-order chi connectivity index (χ0) is 8.32. The second kappa shape index (κ2) is 3.15. The highest BCUT2D eigenvalue weighted by molar-refractivity contribution is 5.64. The zero-order valence-corrected chi connectivity index (χ0v) is 6.74. The van der Waals surface area contributed by atoms with Gasteiger partial charge in [0.25, 0.3) is 0 Å². The van der Waals surface area contributed by atoms with Gasteiger partial charge in [-0.25, -0.2) is 0 Å². The Hall–Kier alpha value is -0.670. The fraction of sp³-hybridized carbons (Fsp3) is 0.625. The van der Waals surface area contributed by atoms with Crippen LogP contribution in [0, 0.1) is 0 Å². The van der Waals surface area contributed by atoms with Crippen molar-refractivity contribution in [2.24, 2.45) is 0 Å². The van der Waals surface area contributed by atoms with Gasteiger partial charge in [0.2, 0.25) is 0 Å². The fourth-order valence-electron chi connectivity index (χ4n) is 0.980. The molecule has 1 saturated heterocycles. The monoisotopic (exact) mass is 156 g/mol. The minimum Gasteiger partial charge on any atom is -0.347 e. The van der Waals surface area contributed by atoms with Crippen LogP contribution in [0.4, 0.5) is 0 Å². The van der Waals surface area contributed by atoms with Crippen molar-refractivity contribution in [3.8, 4) is 0 Å². The number of allylic oxidation sites excluding steroid dienone is 1. The Balaban J connectivity index is 2.42. The van der Waals surface area contributed by atoms with Gasteiger partial charge < -0.3 is 9.47 Å². The lowest BCUT2D eigenvalue weighted by atomic mass is 10.3. The van der Waals surface area contributed by atoms with Crippen molar-refractivity contribution in [3.05, 3.63) is 12.2 Å². The molecular formula is C8H12O3. The molecule has 0 spiro atoms. The summed E-state index contributed by atoms with van der Waals surface area (Å²) in [6.07, 6.45) is 3.78. The van der Waals surface area contributed by atoms with Crippen molar-refractivity contribution in [2.75, 3.05) is 6.61 Å². The van der Waals surface area contributed by atoms with E-state index < -0.39 is 5.79 Å². The quantitative estimate of drug-likeness (QED) is 0.440. The molecule has 0 aromatic rings. The maximum Gasteiger partial charge on any atom is 0.163 e. The smallest absolute Gasteiger partial charge is 0.163 e. The van der Waals surface area contributed by atoms with Gasteiger partial charge in [0.15, 0.2) is 5.79 Å². The summed E-state index contributed by atoms with van der Waals surface area (Å²) in [7, 11) is 0. The molecule has 1 rings (SSSR count). The topological polar surface area (TPSA) is 35.5 Å². The highest BCUT2D eigenvalue weighted by Crippen LogP contribution is 2.22. The van der Waals surface area contributed by atoms with E-state index in [9.17, 15) is 4.79 Å². The molecule has 1 aliphatic rings. The molecule has 0 aromatic heterocycles. The van der Waals surface area contributed by atoms with E-state index in [-0.39, 0.29) is 6.10 Å². The second-order valence-corrected chi connectivity index (χ2v) is 2.89. The van der Waals surface area contributed by atoms with Crippen LogP contribution in [-0.2, 0) is 14.3 Å². The Morgan fingerprint density at radius 3 is 2.73 bits per heavy atom. The van der Waals surface area contributed by atoms with Crippen molar-refractivity contribution < 1.29 is 14.3 Å². The third-order valence-corrected chi connectivity index (χ3v) is 1.43.